The summed E-state index contributed by atoms with van der Waals surface area (Å²) in [5.41, 5.74) is 22.0. The van der Waals surface area contributed by atoms with Gasteiger partial charge in [-0.05, 0) is 220 Å². The number of nitrogens with zero attached hydrogens (tertiary/aromatic N) is 14. The van der Waals surface area contributed by atoms with E-state index in [2.05, 4.69) is 281 Å². The zero-order valence-corrected chi connectivity index (χ0v) is 72.9. The van der Waals surface area contributed by atoms with Gasteiger partial charge in [0.15, 0.2) is 22.3 Å². The van der Waals surface area contributed by atoms with Crippen molar-refractivity contribution in [3.63, 3.8) is 0 Å². The molecule has 0 unspecified atom stereocenters. The van der Waals surface area contributed by atoms with Crippen LogP contribution in [0.4, 0.5) is 61.8 Å². The molecule has 4 atom stereocenters. The van der Waals surface area contributed by atoms with Crippen LogP contribution in [0.1, 0.15) is 69.4 Å². The highest BCUT2D eigenvalue weighted by Crippen LogP contribution is 2.50. The van der Waals surface area contributed by atoms with Gasteiger partial charge in [-0.2, -0.15) is 42.1 Å². The van der Waals surface area contributed by atoms with Crippen molar-refractivity contribution >= 4 is 172 Å². The molecule has 24 rings (SSSR count). The van der Waals surface area contributed by atoms with Crippen molar-refractivity contribution in [3.05, 3.63) is 319 Å². The van der Waals surface area contributed by atoms with E-state index in [9.17, 15) is 22.0 Å². The van der Waals surface area contributed by atoms with Crippen molar-refractivity contribution in [1.29, 1.82) is 0 Å². The Morgan fingerprint density at radius 2 is 0.773 bits per heavy atom. The Hall–Kier alpha value is -15.2. The molecule has 4 aliphatic heterocycles. The van der Waals surface area contributed by atoms with E-state index in [0.717, 1.165) is 161 Å². The summed E-state index contributed by atoms with van der Waals surface area (Å²) in [4.78, 5) is 33.3. The van der Waals surface area contributed by atoms with Crippen molar-refractivity contribution in [1.82, 2.24) is 34.3 Å². The molecule has 0 saturated heterocycles. The number of pyridine rings is 5. The van der Waals surface area contributed by atoms with E-state index in [1.54, 1.807) is 30.3 Å². The van der Waals surface area contributed by atoms with Crippen LogP contribution < -0.4 is 34.0 Å². The highest BCUT2D eigenvalue weighted by molar-refractivity contribution is 6.14. The molecule has 0 bridgehead atoms. The van der Waals surface area contributed by atoms with Gasteiger partial charge >= 0.3 is 0 Å². The van der Waals surface area contributed by atoms with Gasteiger partial charge < -0.3 is 61.3 Å². The standard InChI is InChI=1S/C25H18FN2O.C22H18FN3O.C21H18FN3O.C19H20FN3O.C17H16FN3O/c1-15-12-23-20(18-10-9-16(26)13-24(18)29-23)14-22(15)28-21-8-4-3-6-17(21)19-7-5-11-27(2)25(19)28;1-14-8-9-17-18-10-11-19(23)24-22(18)27-21(17)20(14)26-13-12-25(15(26)2)16-6-4-3-5-7-16;1-12-8-9-14-15-10-11-18(22)23-21(15)26-20(14)19(12)25-13(2)24(3)16-6-4-5-7-17(16)25;1-11(2)22-9-10-23(13(22)4)17-12(3)5-6-14-15-7-8-16(20)21-19(15)24-18(14)17;1-10-4-5-12-13-6-7-14(18)19-17(13)22-16(12)15(10)21-9-8-20(3)11(21)2/h3-14H,1-2H3;3-13,15H,1-2H3;4-11,13H,1-3H3;5-11,13H,1-4H3;4-9,11H,1-3H3/q+1;;;;/t;15-;2*13-;11-/m.0000/s1. The van der Waals surface area contributed by atoms with Gasteiger partial charge in [0.25, 0.3) is 5.65 Å². The first-order valence-electron chi connectivity index (χ1n) is 42.6. The lowest BCUT2D eigenvalue weighted by atomic mass is 10.1. The number of fused-ring (bicyclic) bond motifs is 19. The van der Waals surface area contributed by atoms with Crippen LogP contribution in [0.3, 0.4) is 0 Å². The lowest BCUT2D eigenvalue weighted by Gasteiger charge is -2.33. The zero-order valence-electron chi connectivity index (χ0n) is 72.9. The van der Waals surface area contributed by atoms with Gasteiger partial charge in [-0.15, -0.1) is 0 Å². The smallest absolute Gasteiger partial charge is 0.294 e. The third-order valence-electron chi connectivity index (χ3n) is 25.4. The summed E-state index contributed by atoms with van der Waals surface area (Å²) in [6.07, 6.45) is 15.0. The summed E-state index contributed by atoms with van der Waals surface area (Å²) in [5.74, 6) is -2.42. The van der Waals surface area contributed by atoms with E-state index in [4.69, 9.17) is 22.1 Å². The van der Waals surface area contributed by atoms with E-state index in [0.29, 0.717) is 34.5 Å². The minimum atomic E-state index is -0.537. The molecule has 11 aromatic heterocycles. The van der Waals surface area contributed by atoms with E-state index in [-0.39, 0.29) is 30.5 Å². The van der Waals surface area contributed by atoms with E-state index in [1.165, 1.54) is 52.9 Å². The van der Waals surface area contributed by atoms with Crippen LogP contribution in [-0.4, -0.2) is 79.1 Å². The highest BCUT2D eigenvalue weighted by Gasteiger charge is 2.37. The fourth-order valence-corrected chi connectivity index (χ4v) is 18.7. The van der Waals surface area contributed by atoms with Crippen LogP contribution >= 0.6 is 0 Å². The molecule has 24 heteroatoms. The minimum absolute atomic E-state index is 0.0783. The number of halogens is 5. The van der Waals surface area contributed by atoms with Gasteiger partial charge in [0.2, 0.25) is 46.6 Å². The molecule has 20 aromatic rings. The molecule has 0 fully saturated rings. The van der Waals surface area contributed by atoms with Crippen LogP contribution in [0.25, 0.3) is 138 Å². The minimum Gasteiger partial charge on any atom is -0.456 e. The molecule has 19 nitrogen and oxygen atoms in total. The van der Waals surface area contributed by atoms with Crippen molar-refractivity contribution in [2.45, 2.75) is 107 Å². The Balaban J connectivity index is 0.000000101. The monoisotopic (exact) mass is 1710 g/mol. The van der Waals surface area contributed by atoms with Crippen LogP contribution in [0.5, 0.6) is 0 Å². The largest absolute Gasteiger partial charge is 0.456 e. The molecule has 0 saturated carbocycles. The molecule has 128 heavy (non-hydrogen) atoms. The number of hydrogen-bond donors (Lipinski definition) is 0. The zero-order chi connectivity index (χ0) is 88.7. The summed E-state index contributed by atoms with van der Waals surface area (Å²) in [5, 5.41) is 11.5. The Morgan fingerprint density at radius 3 is 1.29 bits per heavy atom. The molecule has 15 heterocycles. The van der Waals surface area contributed by atoms with Gasteiger partial charge in [-0.3, -0.25) is 0 Å². The first-order chi connectivity index (χ1) is 61.8. The molecule has 0 spiro atoms. The van der Waals surface area contributed by atoms with Gasteiger partial charge in [-0.25, -0.2) is 8.96 Å². The van der Waals surface area contributed by atoms with Gasteiger partial charge in [0.1, 0.15) is 52.9 Å². The number of para-hydroxylation sites is 4. The quantitative estimate of drug-likeness (QED) is 0.0844. The summed E-state index contributed by atoms with van der Waals surface area (Å²) in [6.45, 7) is 23.3. The average Bonchev–Trinajstić information content (AvgIpc) is 1.59. The Morgan fingerprint density at radius 1 is 0.344 bits per heavy atom. The first kappa shape index (κ1) is 81.2. The summed E-state index contributed by atoms with van der Waals surface area (Å²) in [7, 11) is 6.20. The van der Waals surface area contributed by atoms with E-state index in [1.807, 2.05) is 80.1 Å². The summed E-state index contributed by atoms with van der Waals surface area (Å²) >= 11 is 0. The van der Waals surface area contributed by atoms with Crippen LogP contribution in [0, 0.1) is 64.2 Å². The Bertz CT molecular complexity index is 7940. The lowest BCUT2D eigenvalue weighted by Crippen LogP contribution is -2.39. The number of benzene rings is 9. The van der Waals surface area contributed by atoms with Crippen LogP contribution in [0.15, 0.2) is 284 Å². The maximum Gasteiger partial charge on any atom is 0.294 e. The number of anilines is 7. The fourth-order valence-electron chi connectivity index (χ4n) is 18.7. The maximum atomic E-state index is 13.7. The third-order valence-corrected chi connectivity index (χ3v) is 25.4. The van der Waals surface area contributed by atoms with Gasteiger partial charge in [0.05, 0.1) is 52.8 Å². The van der Waals surface area contributed by atoms with E-state index < -0.39 is 23.8 Å². The van der Waals surface area contributed by atoms with Gasteiger partial charge in [0, 0.05) is 134 Å². The number of aryl methyl sites for hydroxylation is 6. The van der Waals surface area contributed by atoms with Crippen LogP contribution in [-0.2, 0) is 7.05 Å². The second kappa shape index (κ2) is 31.8. The Kier molecular flexibility index (Phi) is 20.2. The Labute approximate surface area is 733 Å². The van der Waals surface area contributed by atoms with Crippen molar-refractivity contribution in [2.75, 3.05) is 43.5 Å². The van der Waals surface area contributed by atoms with Gasteiger partial charge in [-0.1, -0.05) is 91.0 Å². The SMILES string of the molecule is Cc1cc2oc3cc(F)ccc3c2cc1-n1c2ccccc2c2ccc[n+](C)c21.Cc1ccc2c(oc3nc(F)ccc32)c1N1C=CN(C(C)C)[C@@H]1C.Cc1ccc2c(oc3nc(F)ccc32)c1N1C=CN(C)[C@@H]1C.Cc1ccc2c(oc3nc(F)ccc32)c1N1C=CN(c2ccccc2)[C@@H]1C.Cc1ccc2c(oc3nc(F)ccc32)c1N1c2ccccc2N(C)[C@@H]1C. The second-order valence-electron chi connectivity index (χ2n) is 33.4. The molecule has 0 radical (unpaired) electrons. The molecule has 0 amide bonds. The highest BCUT2D eigenvalue weighted by atomic mass is 19.1. The topological polar surface area (TPSA) is 152 Å². The molecular formula is C104H90F5N14O5+. The normalized spacial score (nSPS) is 16.1. The molecular weight excluding hydrogens is 1620 g/mol. The summed E-state index contributed by atoms with van der Waals surface area (Å²) < 4.78 is 102. The second-order valence-corrected chi connectivity index (χ2v) is 33.4. The molecule has 640 valence electrons. The van der Waals surface area contributed by atoms with Crippen molar-refractivity contribution in [3.8, 4) is 5.69 Å². The van der Waals surface area contributed by atoms with Crippen LogP contribution in [0.2, 0.25) is 0 Å². The first-order valence-corrected chi connectivity index (χ1v) is 42.6. The molecule has 9 aromatic carbocycles. The lowest BCUT2D eigenvalue weighted by molar-refractivity contribution is -0.647. The average molecular weight is 1710 g/mol. The number of furan rings is 5. The number of rotatable bonds is 7. The molecule has 4 aliphatic rings. The molecule has 0 N–H and O–H groups in total. The van der Waals surface area contributed by atoms with Crippen molar-refractivity contribution < 1.29 is 48.6 Å². The third kappa shape index (κ3) is 13.7. The fraction of sp³-hybridized carbons (Fsp3) is 0.183. The maximum absolute atomic E-state index is 13.7. The predicted molar refractivity (Wildman–Crippen MR) is 502 cm³/mol. The summed E-state index contributed by atoms with van der Waals surface area (Å²) in [6, 6.07) is 69.4. The number of aromatic nitrogens is 6. The van der Waals surface area contributed by atoms with E-state index >= 15 is 0 Å². The molecule has 0 aliphatic carbocycles. The predicted octanol–water partition coefficient (Wildman–Crippen LogP) is 25.7. The van der Waals surface area contributed by atoms with Crippen molar-refractivity contribution in [2.24, 2.45) is 7.05 Å². The number of hydrogen-bond acceptors (Lipinski definition) is 17.